The maximum absolute atomic E-state index is 13.3. The summed E-state index contributed by atoms with van der Waals surface area (Å²) in [7, 11) is 0. The minimum Gasteiger partial charge on any atom is -0.476 e. The summed E-state index contributed by atoms with van der Waals surface area (Å²) in [6.07, 6.45) is 3.69. The number of nitrogens with one attached hydrogen (secondary N) is 1. The molecule has 2 amide bonds. The number of rotatable bonds is 9. The Morgan fingerprint density at radius 1 is 1.09 bits per heavy atom. The summed E-state index contributed by atoms with van der Waals surface area (Å²) in [5, 5.41) is 3.00. The molecule has 0 unspecified atom stereocenters. The van der Waals surface area contributed by atoms with Crippen molar-refractivity contribution in [3.8, 4) is 11.6 Å². The molecule has 9 nitrogen and oxygen atoms in total. The van der Waals surface area contributed by atoms with Gasteiger partial charge in [-0.05, 0) is 83.7 Å². The van der Waals surface area contributed by atoms with Crippen molar-refractivity contribution in [3.05, 3.63) is 47.7 Å². The molecule has 2 fully saturated rings. The molecule has 2 aromatic rings. The first kappa shape index (κ1) is 31.7. The zero-order valence-electron chi connectivity index (χ0n) is 25.2. The number of likely N-dealkylation sites (tertiary alicyclic amines) is 1. The molecule has 1 saturated carbocycles. The van der Waals surface area contributed by atoms with Crippen molar-refractivity contribution >= 4 is 23.3 Å². The van der Waals surface area contributed by atoms with Gasteiger partial charge >= 0.3 is 6.36 Å². The Morgan fingerprint density at radius 2 is 1.84 bits per heavy atom. The highest BCUT2D eigenvalue weighted by Crippen LogP contribution is 2.38. The van der Waals surface area contributed by atoms with Gasteiger partial charge < -0.3 is 19.7 Å². The van der Waals surface area contributed by atoms with Crippen molar-refractivity contribution in [3.63, 3.8) is 0 Å². The van der Waals surface area contributed by atoms with Gasteiger partial charge in [0, 0.05) is 54.4 Å². The summed E-state index contributed by atoms with van der Waals surface area (Å²) in [6.45, 7) is 7.36. The number of aromatic nitrogens is 1. The van der Waals surface area contributed by atoms with Gasteiger partial charge in [-0.3, -0.25) is 14.5 Å². The van der Waals surface area contributed by atoms with Crippen molar-refractivity contribution in [2.24, 2.45) is 10.9 Å². The van der Waals surface area contributed by atoms with Crippen molar-refractivity contribution in [2.75, 3.05) is 31.1 Å². The van der Waals surface area contributed by atoms with E-state index in [0.29, 0.717) is 50.4 Å². The lowest BCUT2D eigenvalue weighted by Crippen LogP contribution is -2.44. The number of benzene rings is 1. The molecule has 1 aliphatic carbocycles. The summed E-state index contributed by atoms with van der Waals surface area (Å²) in [5.74, 6) is -0.195. The number of piperidine rings is 1. The number of amides is 2. The minimum absolute atomic E-state index is 0.0101. The van der Waals surface area contributed by atoms with Crippen LogP contribution in [0.25, 0.3) is 0 Å². The first-order chi connectivity index (χ1) is 21.1. The van der Waals surface area contributed by atoms with Crippen LogP contribution in [0.4, 0.5) is 18.9 Å². The van der Waals surface area contributed by atoms with E-state index in [-0.39, 0.29) is 29.5 Å². The summed E-state index contributed by atoms with van der Waals surface area (Å²) >= 11 is 0. The first-order valence-corrected chi connectivity index (χ1v) is 15.5. The number of ether oxygens (including phenoxy) is 2. The smallest absolute Gasteiger partial charge is 0.476 e. The number of fused-ring (bicyclic) bond motifs is 1. The number of halogens is 3. The van der Waals surface area contributed by atoms with E-state index in [4.69, 9.17) is 4.74 Å². The molecule has 3 aliphatic rings. The van der Waals surface area contributed by atoms with Crippen LogP contribution in [-0.2, 0) is 11.2 Å². The number of pyridine rings is 1. The largest absolute Gasteiger partial charge is 0.573 e. The van der Waals surface area contributed by atoms with E-state index in [0.717, 1.165) is 43.0 Å². The molecule has 0 atom stereocenters. The normalized spacial score (nSPS) is 21.8. The molecule has 0 spiro atoms. The molecule has 1 aromatic carbocycles. The summed E-state index contributed by atoms with van der Waals surface area (Å²) in [4.78, 5) is 39.3. The molecule has 12 heteroatoms. The van der Waals surface area contributed by atoms with Crippen LogP contribution in [0.5, 0.6) is 11.6 Å². The molecule has 3 heterocycles. The summed E-state index contributed by atoms with van der Waals surface area (Å²) < 4.78 is 48.4. The number of nitrogens with zero attached hydrogens (tertiary/aromatic N) is 4. The van der Waals surface area contributed by atoms with Crippen molar-refractivity contribution < 1.29 is 32.2 Å². The SMILES string of the molecule is CC(C)NC(=O)C1CCC(N2C(=NC(=O)c3cccc(OC(F)(F)F)c3)Cc3cnc(OCCN4CCCCC4)cc32)CC1. The maximum atomic E-state index is 13.3. The second-order valence-electron chi connectivity index (χ2n) is 12.0. The van der Waals surface area contributed by atoms with Crippen LogP contribution in [0, 0.1) is 5.92 Å². The quantitative estimate of drug-likeness (QED) is 0.396. The van der Waals surface area contributed by atoms with Gasteiger partial charge in [-0.1, -0.05) is 12.5 Å². The van der Waals surface area contributed by atoms with Crippen molar-refractivity contribution in [1.29, 1.82) is 0 Å². The highest BCUT2D eigenvalue weighted by Gasteiger charge is 2.37. The van der Waals surface area contributed by atoms with Crippen molar-refractivity contribution in [1.82, 2.24) is 15.2 Å². The summed E-state index contributed by atoms with van der Waals surface area (Å²) in [6, 6.07) is 6.86. The van der Waals surface area contributed by atoms with E-state index in [2.05, 4.69) is 24.9 Å². The molecule has 0 bridgehead atoms. The molecule has 44 heavy (non-hydrogen) atoms. The number of alkyl halides is 3. The lowest BCUT2D eigenvalue weighted by Gasteiger charge is -2.36. The summed E-state index contributed by atoms with van der Waals surface area (Å²) in [5.41, 5.74) is 1.72. The first-order valence-electron chi connectivity index (χ1n) is 15.5. The molecule has 1 N–H and O–H groups in total. The van der Waals surface area contributed by atoms with Crippen molar-refractivity contribution in [2.45, 2.75) is 83.7 Å². The van der Waals surface area contributed by atoms with Crippen LogP contribution in [0.2, 0.25) is 0 Å². The minimum atomic E-state index is -4.87. The van der Waals surface area contributed by atoms with Gasteiger partial charge in [0.1, 0.15) is 18.2 Å². The molecule has 2 aliphatic heterocycles. The maximum Gasteiger partial charge on any atom is 0.573 e. The zero-order chi connectivity index (χ0) is 31.3. The fourth-order valence-corrected chi connectivity index (χ4v) is 6.26. The van der Waals surface area contributed by atoms with Gasteiger partial charge in [-0.25, -0.2) is 4.98 Å². The number of anilines is 1. The van der Waals surface area contributed by atoms with E-state index in [9.17, 15) is 22.8 Å². The topological polar surface area (TPSA) is 96.4 Å². The van der Waals surface area contributed by atoms with E-state index in [1.165, 1.54) is 31.4 Å². The average Bonchev–Trinajstić information content (AvgIpc) is 3.33. The average molecular weight is 616 g/mol. The van der Waals surface area contributed by atoms with E-state index < -0.39 is 18.0 Å². The number of amidine groups is 1. The lowest BCUT2D eigenvalue weighted by atomic mass is 9.84. The van der Waals surface area contributed by atoms with Crippen LogP contribution in [-0.4, -0.2) is 72.2 Å². The second kappa shape index (κ2) is 14.0. The van der Waals surface area contributed by atoms with Crippen LogP contribution in [0.3, 0.4) is 0 Å². The number of carbonyl (C=O) groups is 2. The number of carbonyl (C=O) groups excluding carboxylic acids is 2. The lowest BCUT2D eigenvalue weighted by molar-refractivity contribution is -0.274. The molecule has 5 rings (SSSR count). The molecule has 0 radical (unpaired) electrons. The van der Waals surface area contributed by atoms with Gasteiger partial charge in [-0.15, -0.1) is 13.2 Å². The third-order valence-electron chi connectivity index (χ3n) is 8.34. The van der Waals surface area contributed by atoms with Gasteiger partial charge in [0.2, 0.25) is 11.8 Å². The molecular weight excluding hydrogens is 575 g/mol. The van der Waals surface area contributed by atoms with Gasteiger partial charge in [0.25, 0.3) is 5.91 Å². The van der Waals surface area contributed by atoms with E-state index >= 15 is 0 Å². The highest BCUT2D eigenvalue weighted by molar-refractivity contribution is 6.12. The molecule has 1 aromatic heterocycles. The van der Waals surface area contributed by atoms with Gasteiger partial charge in [0.15, 0.2) is 0 Å². The molecule has 238 valence electrons. The standard InChI is InChI=1S/C32H40F3N5O4/c1-21(2)37-30(41)22-9-11-25(12-10-22)40-27-19-29(43-16-15-39-13-4-3-5-14-39)36-20-24(27)18-28(40)38-31(42)23-7-6-8-26(17-23)44-32(33,34)35/h6-8,17,19-22,25H,3-5,9-16,18H2,1-2H3,(H,37,41). The Bertz CT molecular complexity index is 1350. The van der Waals surface area contributed by atoms with E-state index in [1.807, 2.05) is 24.8 Å². The highest BCUT2D eigenvalue weighted by atomic mass is 19.4. The van der Waals surface area contributed by atoms with Crippen LogP contribution in [0.1, 0.15) is 74.7 Å². The fourth-order valence-electron chi connectivity index (χ4n) is 6.26. The number of aliphatic imine (C=N–C) groups is 1. The Morgan fingerprint density at radius 3 is 2.55 bits per heavy atom. The molecule has 1 saturated heterocycles. The van der Waals surface area contributed by atoms with E-state index in [1.54, 1.807) is 6.20 Å². The second-order valence-corrected chi connectivity index (χ2v) is 12.0. The van der Waals surface area contributed by atoms with Crippen LogP contribution >= 0.6 is 0 Å². The van der Waals surface area contributed by atoms with Crippen LogP contribution < -0.4 is 19.7 Å². The monoisotopic (exact) mass is 615 g/mol. The fraction of sp³-hybridized carbons (Fsp3) is 0.562. The predicted octanol–water partition coefficient (Wildman–Crippen LogP) is 5.53. The zero-order valence-corrected chi connectivity index (χ0v) is 25.2. The Labute approximate surface area is 255 Å². The third kappa shape index (κ3) is 8.28. The predicted molar refractivity (Wildman–Crippen MR) is 160 cm³/mol. The third-order valence-corrected chi connectivity index (χ3v) is 8.34. The Kier molecular flexibility index (Phi) is 10.1. The Balaban J connectivity index is 1.36. The molecular formula is C32H40F3N5O4. The number of hydrogen-bond donors (Lipinski definition) is 1. The van der Waals surface area contributed by atoms with Crippen LogP contribution in [0.15, 0.2) is 41.5 Å². The van der Waals surface area contributed by atoms with Gasteiger partial charge in [0.05, 0.1) is 5.69 Å². The van der Waals surface area contributed by atoms with Gasteiger partial charge in [-0.2, -0.15) is 4.99 Å². The Hall–Kier alpha value is -3.67. The number of hydrogen-bond acceptors (Lipinski definition) is 6.